The summed E-state index contributed by atoms with van der Waals surface area (Å²) in [5, 5.41) is 2.95. The summed E-state index contributed by atoms with van der Waals surface area (Å²) >= 11 is 0. The Bertz CT molecular complexity index is 754. The van der Waals surface area contributed by atoms with Gasteiger partial charge in [-0.25, -0.2) is 9.36 Å². The van der Waals surface area contributed by atoms with Gasteiger partial charge >= 0.3 is 5.69 Å². The van der Waals surface area contributed by atoms with Gasteiger partial charge in [0.25, 0.3) is 5.56 Å². The first-order chi connectivity index (χ1) is 9.49. The molecule has 2 aromatic heterocycles. The molecule has 2 rings (SSSR count). The minimum atomic E-state index is -0.361. The van der Waals surface area contributed by atoms with E-state index in [-0.39, 0.29) is 11.2 Å². The highest BCUT2D eigenvalue weighted by Crippen LogP contribution is 2.02. The lowest BCUT2D eigenvalue weighted by Gasteiger charge is -2.08. The van der Waals surface area contributed by atoms with Crippen molar-refractivity contribution in [2.24, 2.45) is 21.1 Å². The highest BCUT2D eigenvalue weighted by Gasteiger charge is 2.03. The third-order valence-corrected chi connectivity index (χ3v) is 3.04. The quantitative estimate of drug-likeness (QED) is 0.800. The molecule has 0 aliphatic rings. The fraction of sp³-hybridized carbons (Fsp3) is 0.214. The van der Waals surface area contributed by atoms with Crippen molar-refractivity contribution < 1.29 is 4.57 Å². The Balaban J connectivity index is 2.21. The summed E-state index contributed by atoms with van der Waals surface area (Å²) in [6.45, 7) is 0. The predicted octanol–water partition coefficient (Wildman–Crippen LogP) is -0.00870. The van der Waals surface area contributed by atoms with Crippen molar-refractivity contribution in [3.63, 3.8) is 0 Å². The summed E-state index contributed by atoms with van der Waals surface area (Å²) < 4.78 is 4.39. The molecule has 6 nitrogen and oxygen atoms in total. The van der Waals surface area contributed by atoms with Gasteiger partial charge in [0, 0.05) is 38.5 Å². The molecule has 20 heavy (non-hydrogen) atoms. The Hall–Kier alpha value is -2.63. The van der Waals surface area contributed by atoms with Gasteiger partial charge in [0.15, 0.2) is 12.4 Å². The summed E-state index contributed by atoms with van der Waals surface area (Å²) in [7, 11) is 5.01. The SMILES string of the molecule is Cn1c(NC=Cc2cc[n+](C)cc2)cc(=O)n(C)c1=O. The number of hydrogen-bond donors (Lipinski definition) is 1. The van der Waals surface area contributed by atoms with Crippen molar-refractivity contribution >= 4 is 11.9 Å². The minimum absolute atomic E-state index is 0.337. The zero-order valence-corrected chi connectivity index (χ0v) is 11.7. The maximum absolute atomic E-state index is 11.7. The largest absolute Gasteiger partial charge is 0.348 e. The second kappa shape index (κ2) is 5.56. The third kappa shape index (κ3) is 2.85. The van der Waals surface area contributed by atoms with E-state index in [1.54, 1.807) is 13.2 Å². The van der Waals surface area contributed by atoms with E-state index in [1.165, 1.54) is 17.7 Å². The van der Waals surface area contributed by atoms with Gasteiger partial charge in [-0.15, -0.1) is 0 Å². The van der Waals surface area contributed by atoms with Crippen LogP contribution < -0.4 is 21.1 Å². The van der Waals surface area contributed by atoms with E-state index in [1.807, 2.05) is 42.2 Å². The van der Waals surface area contributed by atoms with Crippen LogP contribution in [0, 0.1) is 0 Å². The molecule has 0 amide bonds. The van der Waals surface area contributed by atoms with Crippen molar-refractivity contribution in [2.45, 2.75) is 0 Å². The second-order valence-corrected chi connectivity index (χ2v) is 4.54. The number of nitrogens with one attached hydrogen (secondary N) is 1. The summed E-state index contributed by atoms with van der Waals surface area (Å²) in [6.07, 6.45) is 7.44. The lowest BCUT2D eigenvalue weighted by molar-refractivity contribution is -0.671. The van der Waals surface area contributed by atoms with Crippen LogP contribution in [0.25, 0.3) is 6.08 Å². The van der Waals surface area contributed by atoms with E-state index in [0.717, 1.165) is 10.1 Å². The van der Waals surface area contributed by atoms with Gasteiger partial charge in [0.2, 0.25) is 0 Å². The van der Waals surface area contributed by atoms with E-state index in [0.29, 0.717) is 5.82 Å². The van der Waals surface area contributed by atoms with Crippen molar-refractivity contribution in [1.29, 1.82) is 0 Å². The molecule has 104 valence electrons. The molecule has 0 fully saturated rings. The van der Waals surface area contributed by atoms with Gasteiger partial charge in [0.1, 0.15) is 12.9 Å². The maximum atomic E-state index is 11.7. The molecule has 6 heteroatoms. The lowest BCUT2D eigenvalue weighted by Crippen LogP contribution is -2.37. The first-order valence-corrected chi connectivity index (χ1v) is 6.14. The molecule has 0 aliphatic carbocycles. The number of aromatic nitrogens is 3. The standard InChI is InChI=1S/C14H16N4O2/c1-16-8-5-11(6-9-16)4-7-15-12-10-13(19)18(3)14(20)17(12)2/h4-10H,1-3H3/p+1. The first kappa shape index (κ1) is 13.8. The summed E-state index contributed by atoms with van der Waals surface area (Å²) in [5.74, 6) is 0.454. The molecule has 0 saturated heterocycles. The van der Waals surface area contributed by atoms with Gasteiger partial charge in [-0.05, 0) is 11.6 Å². The Labute approximate surface area is 116 Å². The van der Waals surface area contributed by atoms with Crippen LogP contribution in [-0.4, -0.2) is 9.13 Å². The minimum Gasteiger partial charge on any atom is -0.348 e. The average Bonchev–Trinajstić information content (AvgIpc) is 2.44. The number of aryl methyl sites for hydroxylation is 1. The highest BCUT2D eigenvalue weighted by atomic mass is 16.2. The lowest BCUT2D eigenvalue weighted by atomic mass is 10.2. The topological polar surface area (TPSA) is 59.9 Å². The van der Waals surface area contributed by atoms with Crippen molar-refractivity contribution in [1.82, 2.24) is 9.13 Å². The molecule has 2 aromatic rings. The van der Waals surface area contributed by atoms with Crippen LogP contribution in [0.15, 0.2) is 46.4 Å². The number of hydrogen-bond acceptors (Lipinski definition) is 3. The fourth-order valence-electron chi connectivity index (χ4n) is 1.72. The summed E-state index contributed by atoms with van der Waals surface area (Å²) in [5.41, 5.74) is 0.320. The third-order valence-electron chi connectivity index (χ3n) is 3.04. The fourth-order valence-corrected chi connectivity index (χ4v) is 1.72. The van der Waals surface area contributed by atoms with Crippen LogP contribution >= 0.6 is 0 Å². The van der Waals surface area contributed by atoms with Gasteiger partial charge in [0.05, 0.1) is 0 Å². The number of nitrogens with zero attached hydrogens (tertiary/aromatic N) is 3. The molecule has 1 N–H and O–H groups in total. The molecule has 0 spiro atoms. The molecule has 2 heterocycles. The van der Waals surface area contributed by atoms with Crippen LogP contribution in [0.2, 0.25) is 0 Å². The average molecular weight is 273 g/mol. The molecule has 0 bridgehead atoms. The molecule has 0 atom stereocenters. The van der Waals surface area contributed by atoms with Crippen LogP contribution in [0.1, 0.15) is 5.56 Å². The predicted molar refractivity (Wildman–Crippen MR) is 77.2 cm³/mol. The Morgan fingerprint density at radius 1 is 1.15 bits per heavy atom. The molecular formula is C14H17N4O2+. The van der Waals surface area contributed by atoms with Crippen molar-refractivity contribution in [3.8, 4) is 0 Å². The molecule has 0 unspecified atom stereocenters. The number of pyridine rings is 1. The smallest absolute Gasteiger partial charge is 0.332 e. The normalized spacial score (nSPS) is 10.9. The molecule has 0 aliphatic heterocycles. The van der Waals surface area contributed by atoms with E-state index in [2.05, 4.69) is 5.32 Å². The summed E-state index contributed by atoms with van der Waals surface area (Å²) in [4.78, 5) is 23.3. The van der Waals surface area contributed by atoms with Gasteiger partial charge in [-0.3, -0.25) is 13.9 Å². The van der Waals surface area contributed by atoms with Gasteiger partial charge in [-0.1, -0.05) is 0 Å². The summed E-state index contributed by atoms with van der Waals surface area (Å²) in [6, 6.07) is 5.30. The van der Waals surface area contributed by atoms with Crippen molar-refractivity contribution in [2.75, 3.05) is 5.32 Å². The van der Waals surface area contributed by atoms with Crippen LogP contribution in [0.3, 0.4) is 0 Å². The zero-order chi connectivity index (χ0) is 14.7. The molecular weight excluding hydrogens is 256 g/mol. The number of rotatable bonds is 3. The van der Waals surface area contributed by atoms with Crippen LogP contribution in [0.5, 0.6) is 0 Å². The Morgan fingerprint density at radius 3 is 2.45 bits per heavy atom. The van der Waals surface area contributed by atoms with Gasteiger partial charge < -0.3 is 5.32 Å². The second-order valence-electron chi connectivity index (χ2n) is 4.54. The Morgan fingerprint density at radius 2 is 1.80 bits per heavy atom. The Kier molecular flexibility index (Phi) is 3.84. The van der Waals surface area contributed by atoms with E-state index < -0.39 is 0 Å². The molecule has 0 aromatic carbocycles. The van der Waals surface area contributed by atoms with Crippen molar-refractivity contribution in [3.05, 3.63) is 63.2 Å². The highest BCUT2D eigenvalue weighted by molar-refractivity contribution is 5.52. The van der Waals surface area contributed by atoms with E-state index in [9.17, 15) is 9.59 Å². The van der Waals surface area contributed by atoms with E-state index >= 15 is 0 Å². The van der Waals surface area contributed by atoms with Crippen LogP contribution in [-0.2, 0) is 21.1 Å². The zero-order valence-electron chi connectivity index (χ0n) is 11.7. The van der Waals surface area contributed by atoms with Crippen LogP contribution in [0.4, 0.5) is 5.82 Å². The van der Waals surface area contributed by atoms with Gasteiger partial charge in [-0.2, -0.15) is 0 Å². The number of anilines is 1. The first-order valence-electron chi connectivity index (χ1n) is 6.14. The maximum Gasteiger partial charge on any atom is 0.332 e. The monoisotopic (exact) mass is 273 g/mol. The molecule has 0 radical (unpaired) electrons. The van der Waals surface area contributed by atoms with E-state index in [4.69, 9.17) is 0 Å². The molecule has 0 saturated carbocycles.